The zero-order valence-corrected chi connectivity index (χ0v) is 19.3. The number of hydrogen-bond donors (Lipinski definition) is 4. The molecular formula is C28H27N6O+. The maximum absolute atomic E-state index is 6.18. The normalized spacial score (nSPS) is 20.0. The highest BCUT2D eigenvalue weighted by Crippen LogP contribution is 2.33. The molecule has 0 unspecified atom stereocenters. The van der Waals surface area contributed by atoms with Crippen molar-refractivity contribution in [2.24, 2.45) is 0 Å². The van der Waals surface area contributed by atoms with Crippen LogP contribution in [0.5, 0.6) is 0 Å². The highest BCUT2D eigenvalue weighted by Gasteiger charge is 2.25. The molecule has 7 nitrogen and oxygen atoms in total. The molecule has 0 spiro atoms. The molecule has 2 aliphatic heterocycles. The summed E-state index contributed by atoms with van der Waals surface area (Å²) in [6.07, 6.45) is 9.44. The van der Waals surface area contributed by atoms with Crippen molar-refractivity contribution in [3.05, 3.63) is 79.0 Å². The Labute approximate surface area is 203 Å². The van der Waals surface area contributed by atoms with E-state index in [0.717, 1.165) is 82.4 Å². The van der Waals surface area contributed by atoms with Crippen LogP contribution in [-0.4, -0.2) is 33.0 Å². The highest BCUT2D eigenvalue weighted by atomic mass is 16.3. The molecule has 5 heterocycles. The van der Waals surface area contributed by atoms with Crippen LogP contribution in [0.4, 0.5) is 0 Å². The third-order valence-corrected chi connectivity index (χ3v) is 7.13. The zero-order valence-electron chi connectivity index (χ0n) is 19.3. The van der Waals surface area contributed by atoms with Gasteiger partial charge in [-0.2, -0.15) is 0 Å². The standard InChI is InChI=1S/C28H27N6O/c1-3-21(29-11-1)27-31-15-23(33-27)17-5-7-18(8-6-17)26-14-20-13-19(9-10-25(20)35-26)24-16-32-28(34-24)22-4-2-12-30-22/h1,5-10,13-16,21-22,29-30H,2-4,11-12H2,(H,31,33)(H,32,34)/q+1/t21-,22-/m0/s1. The fraction of sp³-hybridized carbons (Fsp3) is 0.250. The number of nitrogens with zero attached hydrogens (tertiary/aromatic N) is 2. The van der Waals surface area contributed by atoms with Crippen LogP contribution >= 0.6 is 0 Å². The monoisotopic (exact) mass is 463 g/mol. The van der Waals surface area contributed by atoms with Gasteiger partial charge in [-0.15, -0.1) is 0 Å². The van der Waals surface area contributed by atoms with Gasteiger partial charge < -0.3 is 19.7 Å². The van der Waals surface area contributed by atoms with Crippen molar-refractivity contribution in [1.82, 2.24) is 30.6 Å². The molecule has 2 atom stereocenters. The van der Waals surface area contributed by atoms with Gasteiger partial charge in [0.25, 0.3) is 0 Å². The van der Waals surface area contributed by atoms with E-state index in [-0.39, 0.29) is 6.04 Å². The van der Waals surface area contributed by atoms with Gasteiger partial charge in [-0.05, 0) is 49.2 Å². The molecule has 35 heavy (non-hydrogen) atoms. The Kier molecular flexibility index (Phi) is 4.96. The van der Waals surface area contributed by atoms with Gasteiger partial charge >= 0.3 is 0 Å². The van der Waals surface area contributed by atoms with Crippen LogP contribution in [0.2, 0.25) is 0 Å². The van der Waals surface area contributed by atoms with Gasteiger partial charge in [-0.25, -0.2) is 9.97 Å². The van der Waals surface area contributed by atoms with E-state index in [1.54, 1.807) is 0 Å². The lowest BCUT2D eigenvalue weighted by atomic mass is 10.1. The third-order valence-electron chi connectivity index (χ3n) is 7.13. The summed E-state index contributed by atoms with van der Waals surface area (Å²) in [5, 5.41) is 8.02. The van der Waals surface area contributed by atoms with Crippen molar-refractivity contribution in [1.29, 1.82) is 0 Å². The van der Waals surface area contributed by atoms with E-state index in [2.05, 4.69) is 79.5 Å². The number of H-pyrrole nitrogens is 2. The minimum Gasteiger partial charge on any atom is -0.456 e. The number of furan rings is 1. The second-order valence-corrected chi connectivity index (χ2v) is 9.44. The zero-order chi connectivity index (χ0) is 23.2. The molecule has 0 saturated carbocycles. The number of rotatable bonds is 5. The van der Waals surface area contributed by atoms with Gasteiger partial charge in [-0.3, -0.25) is 5.32 Å². The lowest BCUT2D eigenvalue weighted by Gasteiger charge is -2.05. The van der Waals surface area contributed by atoms with Crippen LogP contribution < -0.4 is 10.6 Å². The molecular weight excluding hydrogens is 436 g/mol. The molecule has 4 N–H and O–H groups in total. The first-order chi connectivity index (χ1) is 17.3. The topological polar surface area (TPSA) is 94.6 Å². The van der Waals surface area contributed by atoms with Crippen molar-refractivity contribution >= 4 is 11.0 Å². The molecule has 2 fully saturated rings. The SMILES string of the molecule is c1cc(-c2cc3cc(-c4cnc([C@@H]5CCCN5)[nH]4)ccc3o2)ccc1-c1cnc([C@@H]2C[CH+]CN2)[nH]1. The number of hydrogen-bond acceptors (Lipinski definition) is 5. The van der Waals surface area contributed by atoms with E-state index in [4.69, 9.17) is 4.42 Å². The fourth-order valence-corrected chi connectivity index (χ4v) is 5.17. The number of imidazole rings is 2. The molecule has 2 saturated heterocycles. The Bertz CT molecular complexity index is 1460. The van der Waals surface area contributed by atoms with Gasteiger partial charge in [0.2, 0.25) is 0 Å². The molecule has 174 valence electrons. The lowest BCUT2D eigenvalue weighted by molar-refractivity contribution is 0.613. The third kappa shape index (κ3) is 3.83. The van der Waals surface area contributed by atoms with Crippen LogP contribution in [0.1, 0.15) is 43.0 Å². The molecule has 7 heteroatoms. The van der Waals surface area contributed by atoms with Crippen molar-refractivity contribution in [2.45, 2.75) is 31.3 Å². The van der Waals surface area contributed by atoms with Gasteiger partial charge in [0.1, 0.15) is 42.0 Å². The highest BCUT2D eigenvalue weighted by molar-refractivity contribution is 5.87. The summed E-state index contributed by atoms with van der Waals surface area (Å²) in [4.78, 5) is 16.1. The van der Waals surface area contributed by atoms with E-state index in [1.165, 1.54) is 6.42 Å². The summed E-state index contributed by atoms with van der Waals surface area (Å²) in [5.74, 6) is 2.88. The van der Waals surface area contributed by atoms with E-state index in [0.29, 0.717) is 6.04 Å². The van der Waals surface area contributed by atoms with Crippen LogP contribution in [0.25, 0.3) is 44.8 Å². The maximum atomic E-state index is 6.18. The summed E-state index contributed by atoms with van der Waals surface area (Å²) < 4.78 is 6.18. The van der Waals surface area contributed by atoms with E-state index < -0.39 is 0 Å². The van der Waals surface area contributed by atoms with Gasteiger partial charge in [0, 0.05) is 16.5 Å². The number of aromatic amines is 2. The molecule has 0 amide bonds. The quantitative estimate of drug-likeness (QED) is 0.257. The molecule has 0 aliphatic carbocycles. The average molecular weight is 464 g/mol. The van der Waals surface area contributed by atoms with Crippen LogP contribution in [-0.2, 0) is 0 Å². The van der Waals surface area contributed by atoms with E-state index >= 15 is 0 Å². The molecule has 5 aromatic rings. The molecule has 0 radical (unpaired) electrons. The molecule has 2 aromatic carbocycles. The van der Waals surface area contributed by atoms with Crippen molar-refractivity contribution in [3.8, 4) is 33.8 Å². The van der Waals surface area contributed by atoms with Crippen molar-refractivity contribution in [2.75, 3.05) is 13.1 Å². The first-order valence-electron chi connectivity index (χ1n) is 12.3. The molecule has 2 aliphatic rings. The first-order valence-corrected chi connectivity index (χ1v) is 12.3. The Balaban J connectivity index is 1.12. The summed E-state index contributed by atoms with van der Waals surface area (Å²) in [6, 6.07) is 17.5. The van der Waals surface area contributed by atoms with E-state index in [1.807, 2.05) is 18.5 Å². The minimum absolute atomic E-state index is 0.288. The summed E-state index contributed by atoms with van der Waals surface area (Å²) in [6.45, 7) is 2.00. The Morgan fingerprint density at radius 1 is 0.800 bits per heavy atom. The summed E-state index contributed by atoms with van der Waals surface area (Å²) in [5.41, 5.74) is 6.22. The maximum Gasteiger partial charge on any atom is 0.139 e. The second-order valence-electron chi connectivity index (χ2n) is 9.44. The first kappa shape index (κ1) is 20.6. The number of fused-ring (bicyclic) bond motifs is 1. The van der Waals surface area contributed by atoms with Crippen LogP contribution in [0.15, 0.2) is 65.3 Å². The Hall–Kier alpha value is -3.81. The van der Waals surface area contributed by atoms with Gasteiger partial charge in [0.05, 0.1) is 36.2 Å². The predicted molar refractivity (Wildman–Crippen MR) is 136 cm³/mol. The fourth-order valence-electron chi connectivity index (χ4n) is 5.17. The molecule has 7 rings (SSSR count). The van der Waals surface area contributed by atoms with Gasteiger partial charge in [0.15, 0.2) is 0 Å². The average Bonchev–Trinajstić information content (AvgIpc) is 3.73. The number of benzene rings is 2. The molecule has 3 aromatic heterocycles. The van der Waals surface area contributed by atoms with Gasteiger partial charge in [-0.1, -0.05) is 24.3 Å². The Morgan fingerprint density at radius 2 is 1.54 bits per heavy atom. The Morgan fingerprint density at radius 3 is 2.29 bits per heavy atom. The van der Waals surface area contributed by atoms with E-state index in [9.17, 15) is 0 Å². The summed E-state index contributed by atoms with van der Waals surface area (Å²) in [7, 11) is 0. The molecule has 0 bridgehead atoms. The number of aromatic nitrogens is 4. The van der Waals surface area contributed by atoms with Crippen molar-refractivity contribution in [3.63, 3.8) is 0 Å². The summed E-state index contributed by atoms with van der Waals surface area (Å²) >= 11 is 0. The smallest absolute Gasteiger partial charge is 0.139 e. The lowest BCUT2D eigenvalue weighted by Crippen LogP contribution is -2.14. The van der Waals surface area contributed by atoms with Crippen LogP contribution in [0, 0.1) is 6.42 Å². The second kappa shape index (κ2) is 8.45. The van der Waals surface area contributed by atoms with Crippen LogP contribution in [0.3, 0.4) is 0 Å². The minimum atomic E-state index is 0.288. The predicted octanol–water partition coefficient (Wildman–Crippen LogP) is 5.54. The number of nitrogens with one attached hydrogen (secondary N) is 4. The largest absolute Gasteiger partial charge is 0.456 e. The van der Waals surface area contributed by atoms with Crippen molar-refractivity contribution < 1.29 is 4.42 Å².